The van der Waals surface area contributed by atoms with Crippen molar-refractivity contribution in [3.63, 3.8) is 0 Å². The van der Waals surface area contributed by atoms with E-state index in [9.17, 15) is 40.5 Å². The van der Waals surface area contributed by atoms with Crippen LogP contribution in [0.25, 0.3) is 0 Å². The van der Waals surface area contributed by atoms with E-state index in [-0.39, 0.29) is 12.8 Å². The van der Waals surface area contributed by atoms with Crippen molar-refractivity contribution in [2.75, 3.05) is 13.2 Å². The van der Waals surface area contributed by atoms with Crippen LogP contribution in [0.1, 0.15) is 174 Å². The minimum absolute atomic E-state index is 0.228. The molecule has 1 aliphatic rings. The number of rotatable bonds is 36. The number of carbonyl (C=O) groups is 1. The lowest BCUT2D eigenvalue weighted by molar-refractivity contribution is -0.303. The average molecular weight is 798 g/mol. The van der Waals surface area contributed by atoms with E-state index in [1.807, 2.05) is 0 Å². The highest BCUT2D eigenvalue weighted by atomic mass is 16.7. The molecule has 56 heavy (non-hydrogen) atoms. The molecule has 11 nitrogen and oxygen atoms in total. The Labute approximate surface area is 339 Å². The Kier molecular flexibility index (Phi) is 33.0. The number of aliphatic hydroxyl groups is 7. The first-order valence-corrected chi connectivity index (χ1v) is 22.4. The predicted molar refractivity (Wildman–Crippen MR) is 224 cm³/mol. The Morgan fingerprint density at radius 3 is 1.64 bits per heavy atom. The molecular weight excluding hydrogens is 714 g/mol. The van der Waals surface area contributed by atoms with Gasteiger partial charge in [-0.1, -0.05) is 140 Å². The predicted octanol–water partition coefficient (Wildman–Crippen LogP) is 6.83. The van der Waals surface area contributed by atoms with Crippen LogP contribution in [-0.4, -0.2) is 110 Å². The van der Waals surface area contributed by atoms with Gasteiger partial charge in [-0.15, -0.1) is 0 Å². The molecule has 328 valence electrons. The van der Waals surface area contributed by atoms with E-state index in [2.05, 4.69) is 55.6 Å². The van der Waals surface area contributed by atoms with E-state index >= 15 is 0 Å². The maximum atomic E-state index is 13.0. The Morgan fingerprint density at radius 1 is 0.607 bits per heavy atom. The zero-order valence-electron chi connectivity index (χ0n) is 35.1. The molecular formula is C45H83NO10. The van der Waals surface area contributed by atoms with E-state index in [0.717, 1.165) is 51.4 Å². The molecule has 1 amide bonds. The first-order valence-electron chi connectivity index (χ1n) is 22.4. The number of allylic oxidation sites excluding steroid dienone is 6. The average Bonchev–Trinajstić information content (AvgIpc) is 3.20. The summed E-state index contributed by atoms with van der Waals surface area (Å²) in [6.07, 6.45) is 27.9. The van der Waals surface area contributed by atoms with Crippen molar-refractivity contribution in [1.82, 2.24) is 5.32 Å². The van der Waals surface area contributed by atoms with Gasteiger partial charge in [0.15, 0.2) is 6.29 Å². The third kappa shape index (κ3) is 25.0. The van der Waals surface area contributed by atoms with Gasteiger partial charge >= 0.3 is 0 Å². The van der Waals surface area contributed by atoms with E-state index in [1.165, 1.54) is 77.0 Å². The van der Waals surface area contributed by atoms with E-state index in [0.29, 0.717) is 19.3 Å². The Hall–Kier alpha value is -1.67. The summed E-state index contributed by atoms with van der Waals surface area (Å²) in [4.78, 5) is 13.0. The van der Waals surface area contributed by atoms with Gasteiger partial charge in [-0.25, -0.2) is 0 Å². The molecule has 11 heteroatoms. The van der Waals surface area contributed by atoms with Crippen LogP contribution in [0.3, 0.4) is 0 Å². The van der Waals surface area contributed by atoms with Crippen molar-refractivity contribution in [1.29, 1.82) is 0 Å². The number of carbonyl (C=O) groups excluding carboxylic acids is 1. The van der Waals surface area contributed by atoms with E-state index < -0.39 is 74.2 Å². The molecule has 1 fully saturated rings. The summed E-state index contributed by atoms with van der Waals surface area (Å²) >= 11 is 0. The van der Waals surface area contributed by atoms with Crippen LogP contribution in [-0.2, 0) is 14.3 Å². The number of nitrogens with one attached hydrogen (secondary N) is 1. The highest BCUT2D eigenvalue weighted by Crippen LogP contribution is 2.23. The molecule has 9 unspecified atom stereocenters. The highest BCUT2D eigenvalue weighted by Gasteiger charge is 2.44. The fourth-order valence-electron chi connectivity index (χ4n) is 6.85. The lowest BCUT2D eigenvalue weighted by atomic mass is 9.98. The van der Waals surface area contributed by atoms with Crippen molar-refractivity contribution in [2.45, 2.75) is 229 Å². The number of ether oxygens (including phenoxy) is 2. The third-order valence-corrected chi connectivity index (χ3v) is 10.6. The largest absolute Gasteiger partial charge is 0.394 e. The second-order valence-electron chi connectivity index (χ2n) is 15.7. The van der Waals surface area contributed by atoms with Crippen molar-refractivity contribution in [3.05, 3.63) is 36.5 Å². The molecule has 8 N–H and O–H groups in total. The lowest BCUT2D eigenvalue weighted by Crippen LogP contribution is -2.60. The number of aliphatic hydroxyl groups excluding tert-OH is 7. The Bertz CT molecular complexity index is 1010. The van der Waals surface area contributed by atoms with Gasteiger partial charge in [0.2, 0.25) is 5.91 Å². The molecule has 0 saturated carbocycles. The minimum Gasteiger partial charge on any atom is -0.394 e. The molecule has 0 spiro atoms. The summed E-state index contributed by atoms with van der Waals surface area (Å²) in [5.41, 5.74) is 0. The molecule has 1 aliphatic heterocycles. The lowest BCUT2D eigenvalue weighted by Gasteiger charge is -2.40. The van der Waals surface area contributed by atoms with Gasteiger partial charge in [0.1, 0.15) is 36.6 Å². The summed E-state index contributed by atoms with van der Waals surface area (Å²) in [5, 5.41) is 75.3. The first-order chi connectivity index (χ1) is 27.2. The van der Waals surface area contributed by atoms with Gasteiger partial charge in [-0.2, -0.15) is 0 Å². The molecule has 0 bridgehead atoms. The molecule has 0 aromatic rings. The molecule has 0 aromatic carbocycles. The standard InChI is InChI=1S/C45H83NO10/c1-3-5-7-9-11-13-14-15-16-17-18-19-20-21-22-23-25-26-28-30-32-37(48)40(50)36(35-55-45-43(53)42(52)41(51)39(34-47)56-45)46-44(54)38(49)33-31-29-27-24-12-10-8-6-4-2/h10,12,20-21,25-26,36-43,45,47-53H,3-9,11,13-19,22-24,27-35H2,1-2H3,(H,46,54)/b12-10-,21-20+,26-25+. The van der Waals surface area contributed by atoms with Crippen LogP contribution in [0, 0.1) is 0 Å². The second-order valence-corrected chi connectivity index (χ2v) is 15.7. The minimum atomic E-state index is -1.67. The van der Waals surface area contributed by atoms with Crippen LogP contribution in [0.15, 0.2) is 36.5 Å². The van der Waals surface area contributed by atoms with Crippen LogP contribution in [0.4, 0.5) is 0 Å². The topological polar surface area (TPSA) is 189 Å². The maximum absolute atomic E-state index is 13.0. The zero-order valence-corrected chi connectivity index (χ0v) is 35.1. The maximum Gasteiger partial charge on any atom is 0.249 e. The van der Waals surface area contributed by atoms with Crippen LogP contribution < -0.4 is 5.32 Å². The molecule has 9 atom stereocenters. The first kappa shape index (κ1) is 52.3. The van der Waals surface area contributed by atoms with Gasteiger partial charge < -0.3 is 50.5 Å². The van der Waals surface area contributed by atoms with Crippen molar-refractivity contribution in [3.8, 4) is 0 Å². The van der Waals surface area contributed by atoms with Crippen molar-refractivity contribution >= 4 is 5.91 Å². The number of amides is 1. The summed E-state index contributed by atoms with van der Waals surface area (Å²) in [7, 11) is 0. The SMILES string of the molecule is CCCC/C=C\CCCCCC(O)C(=O)NC(COC1OC(CO)C(O)C(O)C1O)C(O)C(O)CCC/C=C/CC/C=C/CCCCCCCCCCCCC. The van der Waals surface area contributed by atoms with Crippen LogP contribution in [0.2, 0.25) is 0 Å². The molecule has 0 radical (unpaired) electrons. The normalized spacial score (nSPS) is 22.6. The second kappa shape index (κ2) is 35.3. The summed E-state index contributed by atoms with van der Waals surface area (Å²) < 4.78 is 11.0. The van der Waals surface area contributed by atoms with Crippen LogP contribution in [0.5, 0.6) is 0 Å². The van der Waals surface area contributed by atoms with Gasteiger partial charge in [0.05, 0.1) is 25.4 Å². The molecule has 1 heterocycles. The molecule has 1 saturated heterocycles. The quantitative estimate of drug-likeness (QED) is 0.0247. The number of hydrogen-bond donors (Lipinski definition) is 8. The monoisotopic (exact) mass is 798 g/mol. The van der Waals surface area contributed by atoms with E-state index in [1.54, 1.807) is 0 Å². The van der Waals surface area contributed by atoms with Crippen LogP contribution >= 0.6 is 0 Å². The fraction of sp³-hybridized carbons (Fsp3) is 0.844. The van der Waals surface area contributed by atoms with E-state index in [4.69, 9.17) is 9.47 Å². The smallest absolute Gasteiger partial charge is 0.249 e. The van der Waals surface area contributed by atoms with Gasteiger partial charge in [-0.3, -0.25) is 4.79 Å². The van der Waals surface area contributed by atoms with Gasteiger partial charge in [0, 0.05) is 0 Å². The Morgan fingerprint density at radius 2 is 1.09 bits per heavy atom. The van der Waals surface area contributed by atoms with Crippen molar-refractivity contribution in [2.24, 2.45) is 0 Å². The fourth-order valence-corrected chi connectivity index (χ4v) is 6.85. The Balaban J connectivity index is 2.47. The van der Waals surface area contributed by atoms with Gasteiger partial charge in [-0.05, 0) is 70.6 Å². The summed E-state index contributed by atoms with van der Waals surface area (Å²) in [6, 6.07) is -1.19. The molecule has 0 aromatic heterocycles. The number of unbranched alkanes of at least 4 members (excludes halogenated alkanes) is 18. The molecule has 1 rings (SSSR count). The summed E-state index contributed by atoms with van der Waals surface area (Å²) in [5.74, 6) is -0.728. The zero-order chi connectivity index (χ0) is 41.2. The summed E-state index contributed by atoms with van der Waals surface area (Å²) in [6.45, 7) is 3.33. The molecule has 0 aliphatic carbocycles. The van der Waals surface area contributed by atoms with Crippen molar-refractivity contribution < 1.29 is 50.0 Å². The van der Waals surface area contributed by atoms with Gasteiger partial charge in [0.25, 0.3) is 0 Å². The highest BCUT2D eigenvalue weighted by molar-refractivity contribution is 5.80. The number of hydrogen-bond acceptors (Lipinski definition) is 10. The third-order valence-electron chi connectivity index (χ3n) is 10.6.